The van der Waals surface area contributed by atoms with Crippen molar-refractivity contribution in [2.24, 2.45) is 0 Å². The molecule has 1 aliphatic carbocycles. The maximum Gasteiger partial charge on any atom is 0.199 e. The lowest BCUT2D eigenvalue weighted by atomic mass is 9.90. The van der Waals surface area contributed by atoms with Crippen LogP contribution in [0.15, 0.2) is 78.4 Å². The summed E-state index contributed by atoms with van der Waals surface area (Å²) < 4.78 is 36.2. The molecule has 2 aromatic carbocycles. The van der Waals surface area contributed by atoms with Gasteiger partial charge in [0.2, 0.25) is 0 Å². The van der Waals surface area contributed by atoms with Crippen LogP contribution in [-0.2, 0) is 10.4 Å². The van der Waals surface area contributed by atoms with Crippen LogP contribution in [0, 0.1) is 0 Å². The van der Waals surface area contributed by atoms with Gasteiger partial charge < -0.3 is 14.0 Å². The monoisotopic (exact) mass is 459 g/mol. The second-order valence-electron chi connectivity index (χ2n) is 7.15. The van der Waals surface area contributed by atoms with E-state index in [1.54, 1.807) is 0 Å². The minimum atomic E-state index is -5.17. The van der Waals surface area contributed by atoms with Gasteiger partial charge in [0.25, 0.3) is 0 Å². The van der Waals surface area contributed by atoms with Crippen LogP contribution in [-0.4, -0.2) is 56.0 Å². The van der Waals surface area contributed by atoms with Gasteiger partial charge in [0.1, 0.15) is 14.1 Å². The smallest absolute Gasteiger partial charge is 0.199 e. The largest absolute Gasteiger partial charge is 0.759 e. The maximum atomic E-state index is 8.52. The van der Waals surface area contributed by atoms with Crippen molar-refractivity contribution in [3.8, 4) is 0 Å². The van der Waals surface area contributed by atoms with Crippen LogP contribution in [0.5, 0.6) is 0 Å². The standard InChI is InChI=1S/C23H24ClN2.H2O4S/c1-25(2)19-13-9-17(10-14-19)23(21-7-5-6-8-22(21)24)18-11-15-20(16-12-18)26(3)4;1-5(2,3)4/h5-16H,1-4H3;(H2,1,2,3,4)/q+1;/p-2. The molecule has 6 nitrogen and oxygen atoms in total. The van der Waals surface area contributed by atoms with E-state index in [9.17, 15) is 0 Å². The van der Waals surface area contributed by atoms with Crippen molar-refractivity contribution in [3.05, 3.63) is 94.6 Å². The fraction of sp³-hybridized carbons (Fsp3) is 0.174. The van der Waals surface area contributed by atoms with Gasteiger partial charge in [0.05, 0.1) is 0 Å². The first-order chi connectivity index (χ1) is 14.5. The van der Waals surface area contributed by atoms with E-state index in [0.29, 0.717) is 0 Å². The first kappa shape index (κ1) is 24.6. The summed E-state index contributed by atoms with van der Waals surface area (Å²) in [6, 6.07) is 16.6. The van der Waals surface area contributed by atoms with E-state index in [0.717, 1.165) is 27.3 Å². The third kappa shape index (κ3) is 7.48. The average Bonchev–Trinajstić information content (AvgIpc) is 2.69. The first-order valence-electron chi connectivity index (χ1n) is 9.31. The molecule has 1 aliphatic rings. The second-order valence-corrected chi connectivity index (χ2v) is 8.37. The molecule has 2 aromatic rings. The molecule has 0 aromatic heterocycles. The molecule has 0 atom stereocenters. The Hall–Kier alpha value is -2.71. The molecule has 164 valence electrons. The van der Waals surface area contributed by atoms with Gasteiger partial charge in [-0.3, -0.25) is 8.42 Å². The van der Waals surface area contributed by atoms with Crippen molar-refractivity contribution in [1.82, 2.24) is 0 Å². The minimum absolute atomic E-state index is 0.760. The number of benzene rings is 2. The molecule has 0 N–H and O–H groups in total. The number of hydrogen-bond acceptors (Lipinski definition) is 5. The van der Waals surface area contributed by atoms with Crippen LogP contribution in [0.3, 0.4) is 0 Å². The van der Waals surface area contributed by atoms with E-state index >= 15 is 0 Å². The quantitative estimate of drug-likeness (QED) is 0.396. The van der Waals surface area contributed by atoms with E-state index in [1.807, 2.05) is 46.4 Å². The summed E-state index contributed by atoms with van der Waals surface area (Å²) in [6.45, 7) is 0. The first-order valence-corrected chi connectivity index (χ1v) is 11.0. The molecule has 0 aliphatic heterocycles. The molecular weight excluding hydrogens is 436 g/mol. The molecule has 0 amide bonds. The summed E-state index contributed by atoms with van der Waals surface area (Å²) in [6.07, 6.45) is 8.60. The third-order valence-corrected chi connectivity index (χ3v) is 4.82. The van der Waals surface area contributed by atoms with Crippen molar-refractivity contribution in [3.63, 3.8) is 0 Å². The molecule has 0 heterocycles. The number of anilines is 1. The van der Waals surface area contributed by atoms with Gasteiger partial charge in [0.15, 0.2) is 5.71 Å². The van der Waals surface area contributed by atoms with Gasteiger partial charge >= 0.3 is 0 Å². The van der Waals surface area contributed by atoms with E-state index < -0.39 is 10.4 Å². The molecule has 0 fully saturated rings. The lowest BCUT2D eigenvalue weighted by Crippen LogP contribution is -2.10. The zero-order valence-electron chi connectivity index (χ0n) is 17.7. The van der Waals surface area contributed by atoms with Crippen LogP contribution in [0.25, 0.3) is 5.57 Å². The second kappa shape index (κ2) is 10.5. The van der Waals surface area contributed by atoms with Crippen LogP contribution in [0.4, 0.5) is 5.69 Å². The van der Waals surface area contributed by atoms with Crippen LogP contribution in [0.1, 0.15) is 11.1 Å². The fourth-order valence-electron chi connectivity index (χ4n) is 2.99. The summed E-state index contributed by atoms with van der Waals surface area (Å²) in [5.41, 5.74) is 6.85. The van der Waals surface area contributed by atoms with Gasteiger partial charge in [-0.25, -0.2) is 4.58 Å². The number of rotatable bonds is 3. The lowest BCUT2D eigenvalue weighted by molar-refractivity contribution is -0.462. The Morgan fingerprint density at radius 3 is 1.87 bits per heavy atom. The molecule has 0 radical (unpaired) electrons. The van der Waals surface area contributed by atoms with Crippen molar-refractivity contribution >= 4 is 39.0 Å². The molecule has 0 saturated heterocycles. The fourth-order valence-corrected chi connectivity index (χ4v) is 3.22. The van der Waals surface area contributed by atoms with E-state index in [2.05, 4.69) is 64.1 Å². The lowest BCUT2D eigenvalue weighted by Gasteiger charge is -2.17. The van der Waals surface area contributed by atoms with Crippen molar-refractivity contribution < 1.29 is 22.1 Å². The highest BCUT2D eigenvalue weighted by atomic mass is 35.5. The Morgan fingerprint density at radius 2 is 1.42 bits per heavy atom. The van der Waals surface area contributed by atoms with Crippen molar-refractivity contribution in [2.45, 2.75) is 0 Å². The third-order valence-electron chi connectivity index (χ3n) is 4.49. The SMILES string of the molecule is CN(C)c1ccc(C(=C2C=CC(=[N+](C)C)C=C2)c2ccccc2Cl)cc1.O=S(=O)([O-])[O-]. The summed E-state index contributed by atoms with van der Waals surface area (Å²) in [7, 11) is 3.03. The topological polar surface area (TPSA) is 86.5 Å². The highest BCUT2D eigenvalue weighted by molar-refractivity contribution is 7.79. The van der Waals surface area contributed by atoms with Gasteiger partial charge in [0, 0.05) is 52.9 Å². The number of halogens is 1. The Morgan fingerprint density at radius 1 is 0.903 bits per heavy atom. The van der Waals surface area contributed by atoms with E-state index in [-0.39, 0.29) is 0 Å². The maximum absolute atomic E-state index is 8.52. The highest BCUT2D eigenvalue weighted by Gasteiger charge is 2.15. The molecule has 0 spiro atoms. The molecule has 0 saturated carbocycles. The predicted octanol–water partition coefficient (Wildman–Crippen LogP) is 3.71. The van der Waals surface area contributed by atoms with Crippen LogP contribution in [0.2, 0.25) is 5.02 Å². The van der Waals surface area contributed by atoms with E-state index in [1.165, 1.54) is 11.4 Å². The molecule has 0 unspecified atom stereocenters. The number of nitrogens with zero attached hydrogens (tertiary/aromatic N) is 2. The highest BCUT2D eigenvalue weighted by Crippen LogP contribution is 2.34. The van der Waals surface area contributed by atoms with Gasteiger partial charge in [-0.05, 0) is 47.1 Å². The van der Waals surface area contributed by atoms with Crippen molar-refractivity contribution in [1.29, 1.82) is 0 Å². The Labute approximate surface area is 188 Å². The minimum Gasteiger partial charge on any atom is -0.759 e. The molecular formula is C23H24ClN2O4S-. The zero-order chi connectivity index (χ0) is 23.2. The molecule has 8 heteroatoms. The van der Waals surface area contributed by atoms with Crippen LogP contribution < -0.4 is 4.90 Å². The zero-order valence-corrected chi connectivity index (χ0v) is 19.3. The molecule has 3 rings (SSSR count). The summed E-state index contributed by atoms with van der Waals surface area (Å²) in [4.78, 5) is 2.10. The molecule has 0 bridgehead atoms. The Bertz CT molecular complexity index is 1130. The Kier molecular flexibility index (Phi) is 8.36. The van der Waals surface area contributed by atoms with E-state index in [4.69, 9.17) is 29.1 Å². The molecule has 31 heavy (non-hydrogen) atoms. The summed E-state index contributed by atoms with van der Waals surface area (Å²) in [5, 5.41) is 0.760. The Balaban J connectivity index is 0.000000614. The van der Waals surface area contributed by atoms with Gasteiger partial charge in [-0.15, -0.1) is 0 Å². The number of allylic oxidation sites excluding steroid dienone is 5. The van der Waals surface area contributed by atoms with Crippen LogP contribution >= 0.6 is 11.6 Å². The summed E-state index contributed by atoms with van der Waals surface area (Å²) in [5.74, 6) is 0. The van der Waals surface area contributed by atoms with Crippen molar-refractivity contribution in [2.75, 3.05) is 33.1 Å². The summed E-state index contributed by atoms with van der Waals surface area (Å²) >= 11 is 6.54. The normalized spacial score (nSPS) is 12.9. The predicted molar refractivity (Wildman–Crippen MR) is 124 cm³/mol. The average molecular weight is 460 g/mol. The number of hydrogen-bond donors (Lipinski definition) is 0. The van der Waals surface area contributed by atoms with Gasteiger partial charge in [-0.1, -0.05) is 41.9 Å². The van der Waals surface area contributed by atoms with Gasteiger partial charge in [-0.2, -0.15) is 0 Å².